The molecule has 0 saturated heterocycles. The first-order valence-electron chi connectivity index (χ1n) is 8.80. The molecule has 1 amide bonds. The van der Waals surface area contributed by atoms with Crippen LogP contribution in [0.15, 0.2) is 48.5 Å². The molecule has 142 valence electrons. The van der Waals surface area contributed by atoms with Crippen LogP contribution >= 0.6 is 22.9 Å². The van der Waals surface area contributed by atoms with Crippen LogP contribution in [0.3, 0.4) is 0 Å². The monoisotopic (exact) mass is 413 g/mol. The molecule has 1 aromatic heterocycles. The van der Waals surface area contributed by atoms with Crippen molar-refractivity contribution in [3.63, 3.8) is 0 Å². The van der Waals surface area contributed by atoms with Gasteiger partial charge in [0.15, 0.2) is 5.13 Å². The number of benzene rings is 2. The van der Waals surface area contributed by atoms with Crippen LogP contribution in [0.4, 0.5) is 10.8 Å². The van der Waals surface area contributed by atoms with E-state index in [1.165, 1.54) is 40.0 Å². The highest BCUT2D eigenvalue weighted by atomic mass is 35.5. The average molecular weight is 414 g/mol. The van der Waals surface area contributed by atoms with Crippen molar-refractivity contribution in [2.24, 2.45) is 0 Å². The molecular formula is C20H16ClN3O3S. The van der Waals surface area contributed by atoms with Crippen LogP contribution in [-0.2, 0) is 12.8 Å². The standard InChI is InChI=1S/C20H16ClN3O3S/c21-16-11-14(24(26)27)7-8-15(16)19(25)23-20-22-17-9-6-13(10-18(17)28-20)12-4-2-1-3-5-12/h1-5,7-8,11,13H,6,9-10H2,(H,22,23,25). The number of anilines is 1. The number of nitro benzene ring substituents is 1. The third kappa shape index (κ3) is 3.76. The van der Waals surface area contributed by atoms with Gasteiger partial charge in [0.2, 0.25) is 0 Å². The van der Waals surface area contributed by atoms with Gasteiger partial charge in [-0.3, -0.25) is 20.2 Å². The fourth-order valence-corrected chi connectivity index (χ4v) is 4.75. The number of hydrogen-bond donors (Lipinski definition) is 1. The molecule has 28 heavy (non-hydrogen) atoms. The van der Waals surface area contributed by atoms with Crippen LogP contribution in [0.2, 0.25) is 5.02 Å². The smallest absolute Gasteiger partial charge is 0.270 e. The molecule has 0 saturated carbocycles. The maximum absolute atomic E-state index is 12.5. The highest BCUT2D eigenvalue weighted by Gasteiger charge is 2.24. The minimum atomic E-state index is -0.550. The van der Waals surface area contributed by atoms with Gasteiger partial charge in [0.1, 0.15) is 0 Å². The number of thiazole rings is 1. The Morgan fingerprint density at radius 1 is 1.25 bits per heavy atom. The number of aromatic nitrogens is 1. The minimum absolute atomic E-state index is 0.0390. The topological polar surface area (TPSA) is 85.1 Å². The van der Waals surface area contributed by atoms with Crippen LogP contribution in [-0.4, -0.2) is 15.8 Å². The second-order valence-corrected chi connectivity index (χ2v) is 8.11. The van der Waals surface area contributed by atoms with Crippen molar-refractivity contribution >= 4 is 39.7 Å². The Labute approximate surface area is 170 Å². The number of fused-ring (bicyclic) bond motifs is 1. The fourth-order valence-electron chi connectivity index (χ4n) is 3.40. The lowest BCUT2D eigenvalue weighted by atomic mass is 9.85. The lowest BCUT2D eigenvalue weighted by molar-refractivity contribution is -0.384. The Morgan fingerprint density at radius 2 is 2.04 bits per heavy atom. The van der Waals surface area contributed by atoms with Crippen LogP contribution < -0.4 is 5.32 Å². The molecular weight excluding hydrogens is 398 g/mol. The molecule has 4 rings (SSSR count). The van der Waals surface area contributed by atoms with Crippen molar-refractivity contribution in [3.05, 3.63) is 85.4 Å². The zero-order chi connectivity index (χ0) is 19.7. The van der Waals surface area contributed by atoms with Crippen LogP contribution in [0.25, 0.3) is 0 Å². The number of hydrogen-bond acceptors (Lipinski definition) is 5. The molecule has 6 nitrogen and oxygen atoms in total. The maximum Gasteiger partial charge on any atom is 0.270 e. The predicted octanol–water partition coefficient (Wildman–Crippen LogP) is 5.23. The summed E-state index contributed by atoms with van der Waals surface area (Å²) in [4.78, 5) is 28.5. The van der Waals surface area contributed by atoms with Gasteiger partial charge in [0.05, 0.1) is 21.2 Å². The first kappa shape index (κ1) is 18.6. The van der Waals surface area contributed by atoms with Gasteiger partial charge in [-0.2, -0.15) is 0 Å². The molecule has 3 aromatic rings. The number of nitro groups is 1. The number of rotatable bonds is 4. The summed E-state index contributed by atoms with van der Waals surface area (Å²) in [5, 5.41) is 14.1. The largest absolute Gasteiger partial charge is 0.298 e. The van der Waals surface area contributed by atoms with E-state index >= 15 is 0 Å². The van der Waals surface area contributed by atoms with Crippen molar-refractivity contribution in [1.29, 1.82) is 0 Å². The molecule has 0 bridgehead atoms. The van der Waals surface area contributed by atoms with Gasteiger partial charge in [-0.1, -0.05) is 41.9 Å². The summed E-state index contributed by atoms with van der Waals surface area (Å²) in [6.45, 7) is 0. The van der Waals surface area contributed by atoms with Gasteiger partial charge in [0.25, 0.3) is 11.6 Å². The number of amides is 1. The van der Waals surface area contributed by atoms with E-state index in [1.54, 1.807) is 0 Å². The molecule has 1 N–H and O–H groups in total. The fraction of sp³-hybridized carbons (Fsp3) is 0.200. The molecule has 0 spiro atoms. The Hall–Kier alpha value is -2.77. The van der Waals surface area contributed by atoms with Gasteiger partial charge in [-0.05, 0) is 36.8 Å². The third-order valence-corrected chi connectivity index (χ3v) is 6.19. The van der Waals surface area contributed by atoms with Crippen molar-refractivity contribution in [2.75, 3.05) is 5.32 Å². The second kappa shape index (κ2) is 7.69. The molecule has 2 aromatic carbocycles. The average Bonchev–Trinajstić information content (AvgIpc) is 3.09. The molecule has 0 fully saturated rings. The lowest BCUT2D eigenvalue weighted by Gasteiger charge is -2.21. The Kier molecular flexibility index (Phi) is 5.11. The molecule has 1 aliphatic carbocycles. The van der Waals surface area contributed by atoms with Gasteiger partial charge in [-0.25, -0.2) is 4.98 Å². The molecule has 1 atom stereocenters. The van der Waals surface area contributed by atoms with Gasteiger partial charge in [0, 0.05) is 17.0 Å². The van der Waals surface area contributed by atoms with Crippen molar-refractivity contribution < 1.29 is 9.72 Å². The highest BCUT2D eigenvalue weighted by Crippen LogP contribution is 2.37. The number of carbonyl (C=O) groups is 1. The first-order valence-corrected chi connectivity index (χ1v) is 9.99. The summed E-state index contributed by atoms with van der Waals surface area (Å²) in [6, 6.07) is 14.2. The molecule has 0 radical (unpaired) electrons. The number of carbonyl (C=O) groups excluding carboxylic acids is 1. The van der Waals surface area contributed by atoms with Crippen LogP contribution in [0.5, 0.6) is 0 Å². The lowest BCUT2D eigenvalue weighted by Crippen LogP contribution is -2.13. The quantitative estimate of drug-likeness (QED) is 0.468. The summed E-state index contributed by atoms with van der Waals surface area (Å²) in [7, 11) is 0. The van der Waals surface area contributed by atoms with E-state index in [-0.39, 0.29) is 16.3 Å². The maximum atomic E-state index is 12.5. The van der Waals surface area contributed by atoms with Crippen molar-refractivity contribution in [3.8, 4) is 0 Å². The van der Waals surface area contributed by atoms with Crippen LogP contribution in [0.1, 0.15) is 38.8 Å². The van der Waals surface area contributed by atoms with E-state index in [2.05, 4.69) is 34.6 Å². The number of nitrogens with one attached hydrogen (secondary N) is 1. The van der Waals surface area contributed by atoms with E-state index in [9.17, 15) is 14.9 Å². The highest BCUT2D eigenvalue weighted by molar-refractivity contribution is 7.15. The molecule has 0 aliphatic heterocycles. The first-order chi connectivity index (χ1) is 13.5. The number of halogens is 1. The van der Waals surface area contributed by atoms with E-state index < -0.39 is 10.8 Å². The molecule has 1 unspecified atom stereocenters. The minimum Gasteiger partial charge on any atom is -0.298 e. The van der Waals surface area contributed by atoms with Crippen molar-refractivity contribution in [2.45, 2.75) is 25.2 Å². The third-order valence-electron chi connectivity index (χ3n) is 4.84. The predicted molar refractivity (Wildman–Crippen MR) is 109 cm³/mol. The summed E-state index contributed by atoms with van der Waals surface area (Å²) in [6.07, 6.45) is 2.81. The zero-order valence-electron chi connectivity index (χ0n) is 14.7. The zero-order valence-corrected chi connectivity index (χ0v) is 16.3. The summed E-state index contributed by atoms with van der Waals surface area (Å²) in [5.41, 5.74) is 2.38. The van der Waals surface area contributed by atoms with E-state index in [1.807, 2.05) is 6.07 Å². The van der Waals surface area contributed by atoms with E-state index in [0.717, 1.165) is 25.0 Å². The van der Waals surface area contributed by atoms with Crippen LogP contribution in [0, 0.1) is 10.1 Å². The Balaban J connectivity index is 1.49. The summed E-state index contributed by atoms with van der Waals surface area (Å²) < 4.78 is 0. The van der Waals surface area contributed by atoms with Gasteiger partial charge in [-0.15, -0.1) is 11.3 Å². The van der Waals surface area contributed by atoms with Crippen molar-refractivity contribution in [1.82, 2.24) is 4.98 Å². The summed E-state index contributed by atoms with van der Waals surface area (Å²) in [5.74, 6) is 0.0347. The SMILES string of the molecule is O=C(Nc1nc2c(s1)CC(c1ccccc1)CC2)c1ccc([N+](=O)[O-])cc1Cl. The second-order valence-electron chi connectivity index (χ2n) is 6.61. The molecule has 1 aliphatic rings. The van der Waals surface area contributed by atoms with Gasteiger partial charge < -0.3 is 0 Å². The number of nitrogens with zero attached hydrogens (tertiary/aromatic N) is 2. The van der Waals surface area contributed by atoms with E-state index in [0.29, 0.717) is 11.0 Å². The van der Waals surface area contributed by atoms with E-state index in [4.69, 9.17) is 11.6 Å². The Morgan fingerprint density at radius 3 is 2.75 bits per heavy atom. The van der Waals surface area contributed by atoms with Gasteiger partial charge >= 0.3 is 0 Å². The normalized spacial score (nSPS) is 15.7. The summed E-state index contributed by atoms with van der Waals surface area (Å²) >= 11 is 7.52. The number of non-ortho nitro benzene ring substituents is 1. The molecule has 1 heterocycles. The molecule has 8 heteroatoms. The number of aryl methyl sites for hydroxylation is 1. The Bertz CT molecular complexity index is 1050.